The lowest BCUT2D eigenvalue weighted by Crippen LogP contribution is -2.22. The van der Waals surface area contributed by atoms with Crippen LogP contribution < -0.4 is 5.32 Å². The minimum Gasteiger partial charge on any atom is -0.455 e. The fourth-order valence-electron chi connectivity index (χ4n) is 1.36. The van der Waals surface area contributed by atoms with E-state index in [9.17, 15) is 4.79 Å². The minimum atomic E-state index is -0.216. The maximum atomic E-state index is 11.7. The van der Waals surface area contributed by atoms with E-state index in [4.69, 9.17) is 4.42 Å². The lowest BCUT2D eigenvalue weighted by Gasteiger charge is -2.00. The molecule has 2 N–H and O–H groups in total. The monoisotopic (exact) mass is 251 g/mol. The summed E-state index contributed by atoms with van der Waals surface area (Å²) in [4.78, 5) is 18.5. The third kappa shape index (κ3) is 3.13. The molecule has 2 aromatic rings. The normalized spacial score (nSPS) is 10.4. The van der Waals surface area contributed by atoms with Gasteiger partial charge in [0.15, 0.2) is 5.76 Å². The molecular weight excluding hydrogens is 238 g/mol. The first-order valence-electron chi connectivity index (χ1n) is 5.12. The van der Waals surface area contributed by atoms with E-state index >= 15 is 0 Å². The molecule has 6 heteroatoms. The summed E-state index contributed by atoms with van der Waals surface area (Å²) in [5, 5.41) is 2.75. The zero-order valence-corrected chi connectivity index (χ0v) is 10.2. The number of H-pyrrole nitrogens is 1. The highest BCUT2D eigenvalue weighted by Gasteiger charge is 2.10. The predicted octanol–water partition coefficient (Wildman–Crippen LogP) is 1.80. The number of imidazole rings is 1. The Kier molecular flexibility index (Phi) is 3.87. The lowest BCUT2D eigenvalue weighted by atomic mass is 10.4. The van der Waals surface area contributed by atoms with Crippen LogP contribution in [-0.4, -0.2) is 22.1 Å². The van der Waals surface area contributed by atoms with Crippen molar-refractivity contribution < 1.29 is 9.21 Å². The van der Waals surface area contributed by atoms with Crippen LogP contribution in [-0.2, 0) is 12.3 Å². The molecule has 5 nitrogen and oxygen atoms in total. The van der Waals surface area contributed by atoms with E-state index in [0.717, 1.165) is 17.2 Å². The number of aromatic nitrogens is 2. The van der Waals surface area contributed by atoms with Gasteiger partial charge in [-0.05, 0) is 18.4 Å². The van der Waals surface area contributed by atoms with Crippen molar-refractivity contribution in [1.82, 2.24) is 15.3 Å². The third-order valence-electron chi connectivity index (χ3n) is 2.17. The molecule has 0 aliphatic heterocycles. The van der Waals surface area contributed by atoms with E-state index in [1.807, 2.05) is 12.3 Å². The highest BCUT2D eigenvalue weighted by molar-refractivity contribution is 7.97. The summed E-state index contributed by atoms with van der Waals surface area (Å²) in [7, 11) is 0. The number of thioether (sulfide) groups is 1. The topological polar surface area (TPSA) is 70.9 Å². The Morgan fingerprint density at radius 2 is 2.47 bits per heavy atom. The first-order chi connectivity index (χ1) is 8.29. The summed E-state index contributed by atoms with van der Waals surface area (Å²) in [6.07, 6.45) is 5.23. The maximum absolute atomic E-state index is 11.7. The number of furan rings is 1. The van der Waals surface area contributed by atoms with Crippen LogP contribution in [0.2, 0.25) is 0 Å². The molecule has 0 spiro atoms. The van der Waals surface area contributed by atoms with Crippen molar-refractivity contribution in [2.75, 3.05) is 6.26 Å². The average Bonchev–Trinajstić information content (AvgIpc) is 2.97. The largest absolute Gasteiger partial charge is 0.455 e. The molecule has 17 heavy (non-hydrogen) atoms. The number of carbonyl (C=O) groups excluding carboxylic acids is 1. The number of aromatic amines is 1. The lowest BCUT2D eigenvalue weighted by molar-refractivity contribution is 0.0921. The summed E-state index contributed by atoms with van der Waals surface area (Å²) >= 11 is 1.65. The van der Waals surface area contributed by atoms with E-state index in [1.165, 1.54) is 0 Å². The van der Waals surface area contributed by atoms with Gasteiger partial charge >= 0.3 is 0 Å². The summed E-state index contributed by atoms with van der Waals surface area (Å²) in [5.74, 6) is 1.71. The fourth-order valence-corrected chi connectivity index (χ4v) is 1.80. The Balaban J connectivity index is 1.90. The Bertz CT molecular complexity index is 479. The molecule has 0 aliphatic carbocycles. The molecule has 0 saturated heterocycles. The Hall–Kier alpha value is -1.69. The van der Waals surface area contributed by atoms with Gasteiger partial charge in [0.2, 0.25) is 0 Å². The first-order valence-corrected chi connectivity index (χ1v) is 6.52. The van der Waals surface area contributed by atoms with Crippen molar-refractivity contribution in [3.63, 3.8) is 0 Å². The van der Waals surface area contributed by atoms with Gasteiger partial charge in [-0.2, -0.15) is 11.8 Å². The van der Waals surface area contributed by atoms with Crippen LogP contribution in [0.5, 0.6) is 0 Å². The summed E-state index contributed by atoms with van der Waals surface area (Å²) in [6.45, 7) is 0.414. The number of carbonyl (C=O) groups is 1. The summed E-state index contributed by atoms with van der Waals surface area (Å²) < 4.78 is 5.40. The van der Waals surface area contributed by atoms with Gasteiger partial charge in [-0.1, -0.05) is 0 Å². The van der Waals surface area contributed by atoms with Gasteiger partial charge in [0, 0.05) is 6.20 Å². The van der Waals surface area contributed by atoms with E-state index in [-0.39, 0.29) is 5.91 Å². The molecule has 0 aromatic carbocycles. The molecule has 1 amide bonds. The predicted molar refractivity (Wildman–Crippen MR) is 65.7 cm³/mol. The molecule has 0 radical (unpaired) electrons. The number of nitrogens with one attached hydrogen (secondary N) is 2. The molecule has 0 aliphatic rings. The van der Waals surface area contributed by atoms with Gasteiger partial charge in [0.25, 0.3) is 5.91 Å². The Labute approximate surface area is 103 Å². The second kappa shape index (κ2) is 5.58. The highest BCUT2D eigenvalue weighted by Crippen LogP contribution is 2.13. The summed E-state index contributed by atoms with van der Waals surface area (Å²) in [6, 6.07) is 3.51. The zero-order chi connectivity index (χ0) is 12.1. The number of hydrogen-bond acceptors (Lipinski definition) is 4. The Morgan fingerprint density at radius 3 is 3.18 bits per heavy atom. The van der Waals surface area contributed by atoms with E-state index in [1.54, 1.807) is 30.4 Å². The zero-order valence-electron chi connectivity index (χ0n) is 9.40. The standard InChI is InChI=1S/C11H13N3O2S/c1-17-6-9-2-3-10(16-9)11(15)13-5-8-4-12-7-14-8/h2-4,7H,5-6H2,1H3,(H,12,14)(H,13,15). The summed E-state index contributed by atoms with van der Waals surface area (Å²) in [5.41, 5.74) is 0.856. The fraction of sp³-hybridized carbons (Fsp3) is 0.273. The van der Waals surface area contributed by atoms with Crippen LogP contribution >= 0.6 is 11.8 Å². The second-order valence-electron chi connectivity index (χ2n) is 3.46. The molecule has 2 rings (SSSR count). The van der Waals surface area contributed by atoms with Crippen molar-refractivity contribution >= 4 is 17.7 Å². The maximum Gasteiger partial charge on any atom is 0.287 e. The van der Waals surface area contributed by atoms with Gasteiger partial charge in [0.1, 0.15) is 5.76 Å². The van der Waals surface area contributed by atoms with Crippen LogP contribution in [0.3, 0.4) is 0 Å². The van der Waals surface area contributed by atoms with Gasteiger partial charge in [-0.15, -0.1) is 0 Å². The molecule has 0 bridgehead atoms. The molecule has 0 saturated carbocycles. The van der Waals surface area contributed by atoms with Gasteiger partial charge in [-0.3, -0.25) is 4.79 Å². The number of amides is 1. The number of hydrogen-bond donors (Lipinski definition) is 2. The van der Waals surface area contributed by atoms with Crippen LogP contribution in [0.1, 0.15) is 22.0 Å². The van der Waals surface area contributed by atoms with Crippen molar-refractivity contribution in [3.8, 4) is 0 Å². The first kappa shape index (κ1) is 11.8. The van der Waals surface area contributed by atoms with Crippen molar-refractivity contribution in [2.24, 2.45) is 0 Å². The second-order valence-corrected chi connectivity index (χ2v) is 4.32. The van der Waals surface area contributed by atoms with Crippen LogP contribution in [0, 0.1) is 0 Å². The highest BCUT2D eigenvalue weighted by atomic mass is 32.2. The average molecular weight is 251 g/mol. The van der Waals surface area contributed by atoms with Crippen molar-refractivity contribution in [2.45, 2.75) is 12.3 Å². The molecule has 0 unspecified atom stereocenters. The van der Waals surface area contributed by atoms with Gasteiger partial charge in [-0.25, -0.2) is 4.98 Å². The van der Waals surface area contributed by atoms with E-state index < -0.39 is 0 Å². The van der Waals surface area contributed by atoms with Gasteiger partial charge in [0.05, 0.1) is 24.3 Å². The third-order valence-corrected chi connectivity index (χ3v) is 2.74. The number of rotatable bonds is 5. The van der Waals surface area contributed by atoms with E-state index in [2.05, 4.69) is 15.3 Å². The molecule has 2 heterocycles. The van der Waals surface area contributed by atoms with Crippen LogP contribution in [0.25, 0.3) is 0 Å². The molecule has 0 fully saturated rings. The smallest absolute Gasteiger partial charge is 0.287 e. The van der Waals surface area contributed by atoms with Crippen LogP contribution in [0.4, 0.5) is 0 Å². The molecular formula is C11H13N3O2S. The SMILES string of the molecule is CSCc1ccc(C(=O)NCc2cnc[nH]2)o1. The molecule has 90 valence electrons. The van der Waals surface area contributed by atoms with Gasteiger partial charge < -0.3 is 14.7 Å². The number of nitrogens with zero attached hydrogens (tertiary/aromatic N) is 1. The van der Waals surface area contributed by atoms with Crippen LogP contribution in [0.15, 0.2) is 29.1 Å². The Morgan fingerprint density at radius 1 is 1.59 bits per heavy atom. The van der Waals surface area contributed by atoms with Crippen molar-refractivity contribution in [1.29, 1.82) is 0 Å². The quantitative estimate of drug-likeness (QED) is 0.850. The molecule has 2 aromatic heterocycles. The van der Waals surface area contributed by atoms with E-state index in [0.29, 0.717) is 12.3 Å². The molecule has 0 atom stereocenters. The minimum absolute atomic E-state index is 0.216. The van der Waals surface area contributed by atoms with Crippen molar-refractivity contribution in [3.05, 3.63) is 41.9 Å².